The fourth-order valence-corrected chi connectivity index (χ4v) is 3.06. The SMILES string of the molecule is COc1cc(C)ccc1C(C)CNC1OC1C(=O)NCCc1ccccn1. The van der Waals surface area contributed by atoms with E-state index >= 15 is 0 Å². The van der Waals surface area contributed by atoms with Crippen LogP contribution in [0.3, 0.4) is 0 Å². The van der Waals surface area contributed by atoms with Crippen molar-refractivity contribution < 1.29 is 14.3 Å². The summed E-state index contributed by atoms with van der Waals surface area (Å²) in [5.41, 5.74) is 3.28. The van der Waals surface area contributed by atoms with Gasteiger partial charge in [0, 0.05) is 31.4 Å². The third kappa shape index (κ3) is 5.28. The number of nitrogens with zero attached hydrogens (tertiary/aromatic N) is 1. The quantitative estimate of drug-likeness (QED) is 0.663. The average Bonchev–Trinajstić information content (AvgIpc) is 3.46. The Balaban J connectivity index is 1.40. The maximum atomic E-state index is 12.1. The summed E-state index contributed by atoms with van der Waals surface area (Å²) >= 11 is 0. The van der Waals surface area contributed by atoms with Crippen molar-refractivity contribution in [1.82, 2.24) is 15.6 Å². The molecule has 1 amide bonds. The molecule has 1 aliphatic heterocycles. The van der Waals surface area contributed by atoms with Crippen molar-refractivity contribution in [2.75, 3.05) is 20.2 Å². The Hall–Kier alpha value is -2.44. The summed E-state index contributed by atoms with van der Waals surface area (Å²) in [4.78, 5) is 16.4. The van der Waals surface area contributed by atoms with Crippen LogP contribution < -0.4 is 15.4 Å². The molecule has 1 aliphatic rings. The second-order valence-electron chi connectivity index (χ2n) is 6.89. The van der Waals surface area contributed by atoms with Gasteiger partial charge in [0.2, 0.25) is 0 Å². The molecule has 0 aliphatic carbocycles. The van der Waals surface area contributed by atoms with Crippen LogP contribution in [0.1, 0.15) is 29.7 Å². The number of benzene rings is 1. The van der Waals surface area contributed by atoms with Gasteiger partial charge < -0.3 is 14.8 Å². The van der Waals surface area contributed by atoms with Gasteiger partial charge in [-0.2, -0.15) is 0 Å². The van der Waals surface area contributed by atoms with Crippen molar-refractivity contribution in [3.63, 3.8) is 0 Å². The van der Waals surface area contributed by atoms with E-state index in [4.69, 9.17) is 9.47 Å². The summed E-state index contributed by atoms with van der Waals surface area (Å²) in [7, 11) is 1.69. The summed E-state index contributed by atoms with van der Waals surface area (Å²) < 4.78 is 11.0. The number of nitrogens with one attached hydrogen (secondary N) is 2. The van der Waals surface area contributed by atoms with Crippen LogP contribution in [-0.2, 0) is 16.0 Å². The van der Waals surface area contributed by atoms with Crippen molar-refractivity contribution in [2.24, 2.45) is 0 Å². The number of amides is 1. The van der Waals surface area contributed by atoms with Crippen molar-refractivity contribution in [3.8, 4) is 5.75 Å². The van der Waals surface area contributed by atoms with E-state index in [0.717, 1.165) is 17.0 Å². The molecule has 6 heteroatoms. The lowest BCUT2D eigenvalue weighted by molar-refractivity contribution is -0.122. The van der Waals surface area contributed by atoms with Crippen LogP contribution >= 0.6 is 0 Å². The van der Waals surface area contributed by atoms with Crippen LogP contribution in [0.4, 0.5) is 0 Å². The number of ether oxygens (including phenoxy) is 2. The van der Waals surface area contributed by atoms with Gasteiger partial charge in [-0.3, -0.25) is 15.1 Å². The zero-order chi connectivity index (χ0) is 19.2. The number of hydrogen-bond acceptors (Lipinski definition) is 5. The monoisotopic (exact) mass is 369 g/mol. The van der Waals surface area contributed by atoms with E-state index in [9.17, 15) is 4.79 Å². The summed E-state index contributed by atoms with van der Waals surface area (Å²) in [6.45, 7) is 5.44. The third-order valence-electron chi connectivity index (χ3n) is 4.70. The highest BCUT2D eigenvalue weighted by atomic mass is 16.6. The number of methoxy groups -OCH3 is 1. The molecule has 2 heterocycles. The van der Waals surface area contributed by atoms with Crippen LogP contribution in [0.25, 0.3) is 0 Å². The molecule has 0 saturated carbocycles. The minimum Gasteiger partial charge on any atom is -0.496 e. The van der Waals surface area contributed by atoms with E-state index < -0.39 is 6.10 Å². The number of epoxide rings is 1. The lowest BCUT2D eigenvalue weighted by atomic mass is 9.98. The minimum absolute atomic E-state index is 0.0796. The second kappa shape index (κ2) is 8.97. The van der Waals surface area contributed by atoms with Crippen molar-refractivity contribution in [2.45, 2.75) is 38.5 Å². The van der Waals surface area contributed by atoms with Crippen LogP contribution in [0.15, 0.2) is 42.6 Å². The first kappa shape index (κ1) is 19.3. The maximum Gasteiger partial charge on any atom is 0.253 e. The van der Waals surface area contributed by atoms with Gasteiger partial charge in [-0.25, -0.2) is 0 Å². The molecule has 1 saturated heterocycles. The Morgan fingerprint density at radius 2 is 2.19 bits per heavy atom. The van der Waals surface area contributed by atoms with Gasteiger partial charge in [0.05, 0.1) is 7.11 Å². The Morgan fingerprint density at radius 3 is 2.93 bits per heavy atom. The molecule has 144 valence electrons. The van der Waals surface area contributed by atoms with Crippen LogP contribution in [0, 0.1) is 6.92 Å². The molecular formula is C21H27N3O3. The molecule has 0 bridgehead atoms. The molecule has 3 atom stereocenters. The normalized spacial score (nSPS) is 19.4. The molecule has 0 radical (unpaired) electrons. The Bertz CT molecular complexity index is 767. The molecule has 2 N–H and O–H groups in total. The fourth-order valence-electron chi connectivity index (χ4n) is 3.06. The third-order valence-corrected chi connectivity index (χ3v) is 4.70. The van der Waals surface area contributed by atoms with E-state index in [1.54, 1.807) is 13.3 Å². The molecule has 0 spiro atoms. The first-order chi connectivity index (χ1) is 13.1. The lowest BCUT2D eigenvalue weighted by Gasteiger charge is -2.16. The first-order valence-electron chi connectivity index (χ1n) is 9.29. The lowest BCUT2D eigenvalue weighted by Crippen LogP contribution is -2.34. The van der Waals surface area contributed by atoms with Gasteiger partial charge in [-0.05, 0) is 42.2 Å². The standard InChI is InChI=1S/C21H27N3O3/c1-14-7-8-17(18(12-14)26-3)15(2)13-24-21-19(27-21)20(25)23-11-9-16-6-4-5-10-22-16/h4-8,10,12,15,19,21,24H,9,11,13H2,1-3H3,(H,23,25). The van der Waals surface area contributed by atoms with Crippen molar-refractivity contribution in [1.29, 1.82) is 0 Å². The van der Waals surface area contributed by atoms with E-state index in [0.29, 0.717) is 19.5 Å². The zero-order valence-electron chi connectivity index (χ0n) is 16.1. The van der Waals surface area contributed by atoms with Crippen LogP contribution in [0.5, 0.6) is 5.75 Å². The van der Waals surface area contributed by atoms with Gasteiger partial charge in [0.25, 0.3) is 5.91 Å². The average molecular weight is 369 g/mol. The summed E-state index contributed by atoms with van der Waals surface area (Å²) in [5, 5.41) is 6.21. The molecule has 2 aromatic rings. The summed E-state index contributed by atoms with van der Waals surface area (Å²) in [5.74, 6) is 1.06. The summed E-state index contributed by atoms with van der Waals surface area (Å²) in [6, 6.07) is 12.0. The second-order valence-corrected chi connectivity index (χ2v) is 6.89. The smallest absolute Gasteiger partial charge is 0.253 e. The first-order valence-corrected chi connectivity index (χ1v) is 9.29. The maximum absolute atomic E-state index is 12.1. The number of rotatable bonds is 9. The molecule has 3 rings (SSSR count). The summed E-state index contributed by atoms with van der Waals surface area (Å²) in [6.07, 6.45) is 1.83. The van der Waals surface area contributed by atoms with Gasteiger partial charge >= 0.3 is 0 Å². The van der Waals surface area contributed by atoms with Crippen LogP contribution in [0.2, 0.25) is 0 Å². The molecule has 6 nitrogen and oxygen atoms in total. The van der Waals surface area contributed by atoms with Crippen molar-refractivity contribution >= 4 is 5.91 Å². The number of hydrogen-bond donors (Lipinski definition) is 2. The zero-order valence-corrected chi connectivity index (χ0v) is 16.1. The predicted octanol–water partition coefficient (Wildman–Crippen LogP) is 2.18. The Labute approximate surface area is 160 Å². The van der Waals surface area contributed by atoms with Crippen molar-refractivity contribution in [3.05, 3.63) is 59.4 Å². The van der Waals surface area contributed by atoms with Crippen LogP contribution in [-0.4, -0.2) is 43.4 Å². The van der Waals surface area contributed by atoms with E-state index in [1.807, 2.05) is 31.2 Å². The van der Waals surface area contributed by atoms with Gasteiger partial charge in [-0.15, -0.1) is 0 Å². The number of aromatic nitrogens is 1. The van der Waals surface area contributed by atoms with Gasteiger partial charge in [0.1, 0.15) is 12.0 Å². The van der Waals surface area contributed by atoms with Gasteiger partial charge in [0.15, 0.2) is 6.10 Å². The largest absolute Gasteiger partial charge is 0.496 e. The molecule has 1 aromatic carbocycles. The minimum atomic E-state index is -0.416. The number of aryl methyl sites for hydroxylation is 1. The fraction of sp³-hybridized carbons (Fsp3) is 0.429. The highest BCUT2D eigenvalue weighted by molar-refractivity contribution is 5.83. The van der Waals surface area contributed by atoms with Gasteiger partial charge in [-0.1, -0.05) is 25.1 Å². The highest BCUT2D eigenvalue weighted by Crippen LogP contribution is 2.28. The number of carbonyl (C=O) groups is 1. The highest BCUT2D eigenvalue weighted by Gasteiger charge is 2.44. The molecule has 27 heavy (non-hydrogen) atoms. The molecule has 1 fully saturated rings. The number of carbonyl (C=O) groups excluding carboxylic acids is 1. The number of pyridine rings is 1. The topological polar surface area (TPSA) is 75.8 Å². The predicted molar refractivity (Wildman–Crippen MR) is 104 cm³/mol. The molecular weight excluding hydrogens is 342 g/mol. The van der Waals surface area contributed by atoms with E-state index in [-0.39, 0.29) is 18.1 Å². The Morgan fingerprint density at radius 1 is 1.33 bits per heavy atom. The molecule has 1 aromatic heterocycles. The van der Waals surface area contributed by atoms with E-state index in [1.165, 1.54) is 5.56 Å². The Kier molecular flexibility index (Phi) is 6.42. The molecule has 3 unspecified atom stereocenters. The van der Waals surface area contributed by atoms with E-state index in [2.05, 4.69) is 34.7 Å².